The molecule has 4 aliphatic rings. The lowest BCUT2D eigenvalue weighted by Gasteiger charge is -2.61. The van der Waals surface area contributed by atoms with Crippen LogP contribution in [0, 0.1) is 5.92 Å². The number of nitrogens with zero attached hydrogens (tertiary/aromatic N) is 3. The molecule has 0 radical (unpaired) electrons. The summed E-state index contributed by atoms with van der Waals surface area (Å²) in [6, 6.07) is 9.01. The van der Waals surface area contributed by atoms with E-state index in [1.54, 1.807) is 17.0 Å². The van der Waals surface area contributed by atoms with Crippen molar-refractivity contribution in [2.45, 2.75) is 68.2 Å². The summed E-state index contributed by atoms with van der Waals surface area (Å²) in [5.74, 6) is 0.564. The number of phenols is 1. The number of rotatable bonds is 4. The van der Waals surface area contributed by atoms with E-state index in [-0.39, 0.29) is 29.8 Å². The predicted octanol–water partition coefficient (Wildman–Crippen LogP) is 3.68. The highest BCUT2D eigenvalue weighted by molar-refractivity contribution is 5.78. The molecule has 3 heterocycles. The van der Waals surface area contributed by atoms with Crippen molar-refractivity contribution in [1.82, 2.24) is 14.8 Å². The lowest BCUT2D eigenvalue weighted by molar-refractivity contribution is -0.149. The second-order valence-corrected chi connectivity index (χ2v) is 11.3. The van der Waals surface area contributed by atoms with E-state index in [2.05, 4.69) is 9.88 Å². The van der Waals surface area contributed by atoms with Gasteiger partial charge in [-0.15, -0.1) is 0 Å². The van der Waals surface area contributed by atoms with Gasteiger partial charge in [0.05, 0.1) is 17.7 Å². The Balaban J connectivity index is 1.29. The number of halogens is 3. The first-order chi connectivity index (χ1) is 17.6. The van der Waals surface area contributed by atoms with Gasteiger partial charge >= 0.3 is 6.18 Å². The van der Waals surface area contributed by atoms with Crippen LogP contribution in [0.2, 0.25) is 0 Å². The van der Waals surface area contributed by atoms with E-state index < -0.39 is 22.9 Å². The number of aromatic hydroxyl groups is 1. The number of alkyl halides is 3. The van der Waals surface area contributed by atoms with Crippen molar-refractivity contribution < 1.29 is 28.2 Å². The molecule has 0 spiro atoms. The smallest absolute Gasteiger partial charge is 0.433 e. The number of phenolic OH excluding ortho intramolecular Hbond substituents is 1. The molecule has 198 valence electrons. The van der Waals surface area contributed by atoms with E-state index >= 15 is 0 Å². The van der Waals surface area contributed by atoms with Gasteiger partial charge in [0, 0.05) is 31.1 Å². The van der Waals surface area contributed by atoms with Crippen LogP contribution in [0.5, 0.6) is 5.75 Å². The Kier molecular flexibility index (Phi) is 5.80. The maximum absolute atomic E-state index is 13.3. The molecule has 1 aromatic heterocycles. The molecule has 2 aliphatic carbocycles. The minimum Gasteiger partial charge on any atom is -0.508 e. The Labute approximate surface area is 214 Å². The summed E-state index contributed by atoms with van der Waals surface area (Å²) in [5.41, 5.74) is -0.457. The number of hydrogen-bond acceptors (Lipinski definition) is 5. The fourth-order valence-corrected chi connectivity index (χ4v) is 7.12. The Bertz CT molecular complexity index is 1220. The van der Waals surface area contributed by atoms with E-state index in [1.807, 2.05) is 6.07 Å². The topological polar surface area (TPSA) is 76.9 Å². The summed E-state index contributed by atoms with van der Waals surface area (Å²) in [6.45, 7) is 2.56. The number of carbonyl (C=O) groups is 1. The molecule has 2 saturated heterocycles. The van der Waals surface area contributed by atoms with Gasteiger partial charge in [0.15, 0.2) is 0 Å². The first-order valence-corrected chi connectivity index (χ1v) is 13.2. The normalized spacial score (nSPS) is 29.8. The second-order valence-electron chi connectivity index (χ2n) is 11.3. The molecule has 37 heavy (non-hydrogen) atoms. The highest BCUT2D eigenvalue weighted by atomic mass is 19.4. The summed E-state index contributed by atoms with van der Waals surface area (Å²) in [7, 11) is 0. The van der Waals surface area contributed by atoms with Crippen molar-refractivity contribution >= 4 is 5.91 Å². The van der Waals surface area contributed by atoms with Gasteiger partial charge in [0.25, 0.3) is 0 Å². The molecule has 6 nitrogen and oxygen atoms in total. The minimum atomic E-state index is -4.57. The van der Waals surface area contributed by atoms with Crippen molar-refractivity contribution in [3.8, 4) is 5.75 Å². The number of likely N-dealkylation sites (tertiary alicyclic amines) is 2. The Morgan fingerprint density at radius 1 is 1.08 bits per heavy atom. The number of hydrogen-bond donors (Lipinski definition) is 2. The molecule has 6 rings (SSSR count). The van der Waals surface area contributed by atoms with Gasteiger partial charge in [-0.1, -0.05) is 12.1 Å². The summed E-state index contributed by atoms with van der Waals surface area (Å²) < 4.78 is 39.3. The van der Waals surface area contributed by atoms with Gasteiger partial charge in [-0.2, -0.15) is 13.2 Å². The first kappa shape index (κ1) is 24.7. The maximum Gasteiger partial charge on any atom is 0.433 e. The molecule has 1 saturated carbocycles. The molecule has 2 bridgehead atoms. The highest BCUT2D eigenvalue weighted by Crippen LogP contribution is 2.56. The summed E-state index contributed by atoms with van der Waals surface area (Å²) in [5, 5.41) is 22.8. The fourth-order valence-electron chi connectivity index (χ4n) is 7.12. The monoisotopic (exact) mass is 515 g/mol. The summed E-state index contributed by atoms with van der Waals surface area (Å²) in [6.07, 6.45) is 0.0208. The van der Waals surface area contributed by atoms with Crippen LogP contribution >= 0.6 is 0 Å². The predicted molar refractivity (Wildman–Crippen MR) is 130 cm³/mol. The van der Waals surface area contributed by atoms with Gasteiger partial charge in [0.2, 0.25) is 5.91 Å². The molecule has 9 heteroatoms. The van der Waals surface area contributed by atoms with E-state index in [9.17, 15) is 28.2 Å². The maximum atomic E-state index is 13.3. The Hall–Kier alpha value is -2.65. The molecular weight excluding hydrogens is 483 g/mol. The zero-order chi connectivity index (χ0) is 26.0. The summed E-state index contributed by atoms with van der Waals surface area (Å²) >= 11 is 0. The average molecular weight is 516 g/mol. The lowest BCUT2D eigenvalue weighted by Crippen LogP contribution is -2.71. The van der Waals surface area contributed by atoms with Crippen LogP contribution in [0.4, 0.5) is 13.2 Å². The minimum absolute atomic E-state index is 0.0703. The van der Waals surface area contributed by atoms with Gasteiger partial charge in [-0.3, -0.25) is 9.69 Å². The van der Waals surface area contributed by atoms with Crippen molar-refractivity contribution in [1.29, 1.82) is 0 Å². The van der Waals surface area contributed by atoms with E-state index in [4.69, 9.17) is 0 Å². The van der Waals surface area contributed by atoms with Gasteiger partial charge in [-0.25, -0.2) is 4.98 Å². The Morgan fingerprint density at radius 2 is 1.84 bits per heavy atom. The van der Waals surface area contributed by atoms with Crippen LogP contribution in [-0.2, 0) is 29.2 Å². The largest absolute Gasteiger partial charge is 0.508 e. The lowest BCUT2D eigenvalue weighted by atomic mass is 9.52. The number of aliphatic hydroxyl groups is 1. The van der Waals surface area contributed by atoms with Crippen molar-refractivity contribution in [3.05, 3.63) is 58.9 Å². The highest BCUT2D eigenvalue weighted by Gasteiger charge is 2.63. The zero-order valence-corrected chi connectivity index (χ0v) is 20.7. The number of aromatic nitrogens is 1. The van der Waals surface area contributed by atoms with Crippen LogP contribution < -0.4 is 0 Å². The molecule has 3 fully saturated rings. The first-order valence-electron chi connectivity index (χ1n) is 13.2. The number of carbonyl (C=O) groups excluding carboxylic acids is 1. The zero-order valence-electron chi connectivity index (χ0n) is 20.7. The van der Waals surface area contributed by atoms with Gasteiger partial charge in [0.1, 0.15) is 11.4 Å². The standard InChI is InChI=1S/C28H32F3N3O3/c29-28(30,31)23-3-1-2-20(32-23)15-25(36)33-11-8-26-9-12-34(17-18-4-5-18)24(27(26,37)10-13-33)14-19-6-7-21(35)16-22(19)26/h1-3,6-7,16,18,24,35,37H,4-5,8-15,17H2/t24-,26+,27-/m1/s1. The Morgan fingerprint density at radius 3 is 2.59 bits per heavy atom. The van der Waals surface area contributed by atoms with Crippen molar-refractivity contribution in [2.75, 3.05) is 26.2 Å². The number of piperidine rings is 1. The third kappa shape index (κ3) is 4.20. The number of pyridine rings is 1. The molecule has 2 aliphatic heterocycles. The number of benzene rings is 1. The molecule has 1 aromatic carbocycles. The van der Waals surface area contributed by atoms with Crippen LogP contribution in [-0.4, -0.2) is 68.7 Å². The van der Waals surface area contributed by atoms with E-state index in [0.717, 1.165) is 36.7 Å². The second kappa shape index (κ2) is 8.70. The molecule has 2 N–H and O–H groups in total. The fraction of sp³-hybridized carbons (Fsp3) is 0.571. The van der Waals surface area contributed by atoms with E-state index in [1.165, 1.54) is 25.0 Å². The molecule has 3 atom stereocenters. The third-order valence-corrected chi connectivity index (χ3v) is 9.21. The van der Waals surface area contributed by atoms with Gasteiger partial charge < -0.3 is 15.1 Å². The third-order valence-electron chi connectivity index (χ3n) is 9.21. The molecule has 0 unspecified atom stereocenters. The number of fused-ring (bicyclic) bond motifs is 1. The summed E-state index contributed by atoms with van der Waals surface area (Å²) in [4.78, 5) is 21.1. The van der Waals surface area contributed by atoms with Gasteiger partial charge in [-0.05, 0) is 86.4 Å². The SMILES string of the molecule is O=C(Cc1cccc(C(F)(F)F)n1)N1CC[C@]23CCN(CC4CC4)[C@H](Cc4ccc(O)cc42)[C@]3(O)CC1. The van der Waals surface area contributed by atoms with Crippen molar-refractivity contribution in [2.24, 2.45) is 5.92 Å². The van der Waals surface area contributed by atoms with Crippen LogP contribution in [0.1, 0.15) is 54.6 Å². The van der Waals surface area contributed by atoms with Crippen molar-refractivity contribution in [3.63, 3.8) is 0 Å². The van der Waals surface area contributed by atoms with Crippen LogP contribution in [0.15, 0.2) is 36.4 Å². The van der Waals surface area contributed by atoms with E-state index in [0.29, 0.717) is 38.3 Å². The number of amides is 1. The molecule has 1 amide bonds. The van der Waals surface area contributed by atoms with Crippen LogP contribution in [0.25, 0.3) is 0 Å². The quantitative estimate of drug-likeness (QED) is 0.650. The molecule has 2 aromatic rings. The average Bonchev–Trinajstić information content (AvgIpc) is 3.67. The molecular formula is C28H32F3N3O3. The van der Waals surface area contributed by atoms with Crippen LogP contribution in [0.3, 0.4) is 0 Å².